The quantitative estimate of drug-likeness (QED) is 0.262. The van der Waals surface area contributed by atoms with Crippen LogP contribution in [0.4, 0.5) is 29.3 Å². The number of nitrogens with one attached hydrogen (secondary N) is 3. The van der Waals surface area contributed by atoms with Crippen LogP contribution in [-0.4, -0.2) is 59.2 Å². The Morgan fingerprint density at radius 3 is 2.49 bits per heavy atom. The molecule has 39 heavy (non-hydrogen) atoms. The lowest BCUT2D eigenvalue weighted by atomic mass is 10.1. The van der Waals surface area contributed by atoms with Crippen molar-refractivity contribution in [3.63, 3.8) is 0 Å². The van der Waals surface area contributed by atoms with Gasteiger partial charge in [-0.1, -0.05) is 6.07 Å². The van der Waals surface area contributed by atoms with Gasteiger partial charge in [0.1, 0.15) is 11.4 Å². The number of rotatable bonds is 7. The molecule has 1 saturated heterocycles. The largest absolute Gasteiger partial charge is 0.506 e. The van der Waals surface area contributed by atoms with Gasteiger partial charge in [-0.3, -0.25) is 19.8 Å². The summed E-state index contributed by atoms with van der Waals surface area (Å²) in [4.78, 5) is 39.5. The smallest absolute Gasteiger partial charge is 0.416 e. The lowest BCUT2D eigenvalue weighted by Gasteiger charge is -2.21. The number of alkyl halides is 3. The summed E-state index contributed by atoms with van der Waals surface area (Å²) in [6, 6.07) is 7.04. The Morgan fingerprint density at radius 1 is 1.13 bits per heavy atom. The Labute approximate surface area is 223 Å². The second-order valence-corrected chi connectivity index (χ2v) is 10.2. The van der Waals surface area contributed by atoms with E-state index in [2.05, 4.69) is 20.9 Å². The highest BCUT2D eigenvalue weighted by molar-refractivity contribution is 6.04. The molecular formula is C26H32F3N5O5. The van der Waals surface area contributed by atoms with E-state index in [1.165, 1.54) is 6.07 Å². The molecule has 1 heterocycles. The molecule has 0 aromatic heterocycles. The van der Waals surface area contributed by atoms with E-state index in [-0.39, 0.29) is 23.2 Å². The molecule has 6 N–H and O–H groups in total. The molecule has 10 nitrogen and oxygen atoms in total. The van der Waals surface area contributed by atoms with Crippen LogP contribution in [0.5, 0.6) is 5.75 Å². The van der Waals surface area contributed by atoms with Crippen molar-refractivity contribution in [2.75, 3.05) is 30.7 Å². The van der Waals surface area contributed by atoms with Crippen LogP contribution in [0.15, 0.2) is 36.4 Å². The standard InChI is InChI=1S/C26H32F3N5O5/c1-25(2,3)39-24(38)33-20-6-5-16(26(27,28)29)11-18(20)23(37)31-12-22(36)32-17-8-9-34(14-17)13-15-4-7-21(35)19(30)10-15/h4-7,10-11,17,35H,8-9,12-14,30H2,1-3H3,(H,31,37)(H,32,36)(H,33,38)/t17-/m1/s1. The van der Waals surface area contributed by atoms with Gasteiger partial charge < -0.3 is 26.2 Å². The fourth-order valence-electron chi connectivity index (χ4n) is 4.02. The summed E-state index contributed by atoms with van der Waals surface area (Å²) in [5, 5.41) is 17.0. The molecule has 1 atom stereocenters. The van der Waals surface area contributed by atoms with Gasteiger partial charge >= 0.3 is 12.3 Å². The fraction of sp³-hybridized carbons (Fsp3) is 0.423. The van der Waals surface area contributed by atoms with Gasteiger partial charge in [-0.15, -0.1) is 0 Å². The monoisotopic (exact) mass is 551 g/mol. The van der Waals surface area contributed by atoms with Gasteiger partial charge in [0.25, 0.3) is 5.91 Å². The maximum atomic E-state index is 13.3. The molecule has 0 bridgehead atoms. The van der Waals surface area contributed by atoms with Gasteiger partial charge in [-0.05, 0) is 63.1 Å². The van der Waals surface area contributed by atoms with E-state index in [1.807, 2.05) is 0 Å². The van der Waals surface area contributed by atoms with Crippen molar-refractivity contribution in [3.8, 4) is 5.75 Å². The van der Waals surface area contributed by atoms with Gasteiger partial charge in [0, 0.05) is 25.7 Å². The number of hydrogen-bond acceptors (Lipinski definition) is 7. The SMILES string of the molecule is CC(C)(C)OC(=O)Nc1ccc(C(F)(F)F)cc1C(=O)NCC(=O)N[C@@H]1CCN(Cc2ccc(O)c(N)c2)C1. The van der Waals surface area contributed by atoms with Crippen LogP contribution in [0, 0.1) is 0 Å². The third-order valence-corrected chi connectivity index (χ3v) is 5.77. The number of benzene rings is 2. The second-order valence-electron chi connectivity index (χ2n) is 10.2. The van der Waals surface area contributed by atoms with Crippen LogP contribution in [0.25, 0.3) is 0 Å². The highest BCUT2D eigenvalue weighted by Crippen LogP contribution is 2.32. The summed E-state index contributed by atoms with van der Waals surface area (Å²) in [7, 11) is 0. The van der Waals surface area contributed by atoms with Crippen LogP contribution in [0.3, 0.4) is 0 Å². The zero-order chi connectivity index (χ0) is 29.0. The Bertz CT molecular complexity index is 1230. The van der Waals surface area contributed by atoms with E-state index >= 15 is 0 Å². The topological polar surface area (TPSA) is 146 Å². The Hall–Kier alpha value is -4.00. The summed E-state index contributed by atoms with van der Waals surface area (Å²) in [5.41, 5.74) is 4.28. The van der Waals surface area contributed by atoms with Crippen molar-refractivity contribution < 1.29 is 37.4 Å². The van der Waals surface area contributed by atoms with Crippen LogP contribution in [0.1, 0.15) is 48.7 Å². The summed E-state index contributed by atoms with van der Waals surface area (Å²) in [6.45, 7) is 6.15. The van der Waals surface area contributed by atoms with Gasteiger partial charge in [0.15, 0.2) is 0 Å². The molecule has 0 saturated carbocycles. The van der Waals surface area contributed by atoms with Crippen molar-refractivity contribution in [2.24, 2.45) is 0 Å². The van der Waals surface area contributed by atoms with Crippen molar-refractivity contribution >= 4 is 29.3 Å². The molecule has 0 unspecified atom stereocenters. The number of phenolic OH excluding ortho intramolecular Hbond substituents is 1. The van der Waals surface area contributed by atoms with Crippen molar-refractivity contribution in [3.05, 3.63) is 53.1 Å². The summed E-state index contributed by atoms with van der Waals surface area (Å²) in [5.74, 6) is -1.48. The average Bonchev–Trinajstić information content (AvgIpc) is 3.24. The van der Waals surface area contributed by atoms with Crippen molar-refractivity contribution in [1.29, 1.82) is 0 Å². The van der Waals surface area contributed by atoms with Gasteiger partial charge in [0.05, 0.1) is 29.0 Å². The zero-order valence-corrected chi connectivity index (χ0v) is 21.8. The first-order valence-electron chi connectivity index (χ1n) is 12.2. The first kappa shape index (κ1) is 29.6. The number of hydrogen-bond donors (Lipinski definition) is 5. The summed E-state index contributed by atoms with van der Waals surface area (Å²) in [6.07, 6.45) is -5.02. The molecule has 3 rings (SSSR count). The highest BCUT2D eigenvalue weighted by atomic mass is 19.4. The first-order chi connectivity index (χ1) is 18.1. The Balaban J connectivity index is 1.58. The molecule has 0 radical (unpaired) electrons. The maximum absolute atomic E-state index is 13.3. The van der Waals surface area contributed by atoms with Crippen LogP contribution in [-0.2, 0) is 22.3 Å². The molecule has 13 heteroatoms. The van der Waals surface area contributed by atoms with Gasteiger partial charge in [0.2, 0.25) is 5.91 Å². The van der Waals surface area contributed by atoms with Gasteiger partial charge in [-0.25, -0.2) is 4.79 Å². The molecule has 3 amide bonds. The summed E-state index contributed by atoms with van der Waals surface area (Å²) >= 11 is 0. The minimum absolute atomic E-state index is 0.00485. The number of halogens is 3. The van der Waals surface area contributed by atoms with Crippen LogP contribution in [0.2, 0.25) is 0 Å². The minimum Gasteiger partial charge on any atom is -0.506 e. The van der Waals surface area contributed by atoms with Crippen molar-refractivity contribution in [1.82, 2.24) is 15.5 Å². The number of aromatic hydroxyl groups is 1. The molecule has 1 aliphatic rings. The Kier molecular flexibility index (Phi) is 8.95. The number of amides is 3. The maximum Gasteiger partial charge on any atom is 0.416 e. The number of phenols is 1. The van der Waals surface area contributed by atoms with E-state index in [0.29, 0.717) is 32.1 Å². The lowest BCUT2D eigenvalue weighted by Crippen LogP contribution is -2.43. The molecule has 2 aromatic rings. The fourth-order valence-corrected chi connectivity index (χ4v) is 4.02. The molecule has 2 aromatic carbocycles. The number of ether oxygens (including phenoxy) is 1. The highest BCUT2D eigenvalue weighted by Gasteiger charge is 2.32. The third-order valence-electron chi connectivity index (χ3n) is 5.77. The number of carbonyl (C=O) groups excluding carboxylic acids is 3. The van der Waals surface area contributed by atoms with Crippen LogP contribution < -0.4 is 21.7 Å². The van der Waals surface area contributed by atoms with E-state index in [4.69, 9.17) is 10.5 Å². The number of carbonyl (C=O) groups is 3. The molecule has 1 aliphatic heterocycles. The number of nitrogens with zero attached hydrogens (tertiary/aromatic N) is 1. The predicted molar refractivity (Wildman–Crippen MR) is 138 cm³/mol. The first-order valence-corrected chi connectivity index (χ1v) is 12.2. The van der Waals surface area contributed by atoms with E-state index in [1.54, 1.807) is 32.9 Å². The predicted octanol–water partition coefficient (Wildman–Crippen LogP) is 3.46. The molecule has 0 aliphatic carbocycles. The third kappa shape index (κ3) is 8.77. The van der Waals surface area contributed by atoms with E-state index in [0.717, 1.165) is 17.7 Å². The molecular weight excluding hydrogens is 519 g/mol. The zero-order valence-electron chi connectivity index (χ0n) is 21.8. The van der Waals surface area contributed by atoms with E-state index < -0.39 is 47.4 Å². The number of anilines is 2. The summed E-state index contributed by atoms with van der Waals surface area (Å²) < 4.78 is 44.9. The number of nitrogen functional groups attached to an aromatic ring is 1. The van der Waals surface area contributed by atoms with Gasteiger partial charge in [-0.2, -0.15) is 13.2 Å². The molecule has 212 valence electrons. The second kappa shape index (κ2) is 11.8. The number of likely N-dealkylation sites (tertiary alicyclic amines) is 1. The average molecular weight is 552 g/mol. The van der Waals surface area contributed by atoms with E-state index in [9.17, 15) is 32.7 Å². The van der Waals surface area contributed by atoms with Crippen LogP contribution >= 0.6 is 0 Å². The minimum atomic E-state index is -4.73. The Morgan fingerprint density at radius 2 is 1.85 bits per heavy atom. The molecule has 0 spiro atoms. The lowest BCUT2D eigenvalue weighted by molar-refractivity contribution is -0.137. The van der Waals surface area contributed by atoms with Crippen molar-refractivity contribution in [2.45, 2.75) is 51.6 Å². The molecule has 1 fully saturated rings. The normalized spacial score (nSPS) is 16.0. The number of nitrogens with two attached hydrogens (primary N) is 1.